The van der Waals surface area contributed by atoms with Crippen LogP contribution >= 0.6 is 0 Å². The van der Waals surface area contributed by atoms with Gasteiger partial charge in [0.05, 0.1) is 0 Å². The SMILES string of the molecule is CNC1CC(C)CC(C)C1CN1CCS(=O)CC1. The van der Waals surface area contributed by atoms with E-state index in [-0.39, 0.29) is 0 Å². The fourth-order valence-electron chi connectivity index (χ4n) is 3.71. The Bertz CT molecular complexity index is 288. The molecule has 1 aliphatic heterocycles. The molecule has 1 N–H and O–H groups in total. The number of hydrogen-bond acceptors (Lipinski definition) is 3. The maximum absolute atomic E-state index is 11.4. The van der Waals surface area contributed by atoms with Crippen molar-refractivity contribution in [2.24, 2.45) is 17.8 Å². The fourth-order valence-corrected chi connectivity index (χ4v) is 4.83. The van der Waals surface area contributed by atoms with E-state index in [4.69, 9.17) is 0 Å². The molecule has 0 aromatic heterocycles. The van der Waals surface area contributed by atoms with Crippen molar-refractivity contribution in [3.8, 4) is 0 Å². The minimum absolute atomic E-state index is 0.550. The third kappa shape index (κ3) is 3.55. The summed E-state index contributed by atoms with van der Waals surface area (Å²) in [5.74, 6) is 4.17. The van der Waals surface area contributed by atoms with Gasteiger partial charge in [0.1, 0.15) is 0 Å². The summed E-state index contributed by atoms with van der Waals surface area (Å²) in [5, 5.41) is 3.53. The highest BCUT2D eigenvalue weighted by molar-refractivity contribution is 7.85. The molecule has 4 atom stereocenters. The zero-order valence-corrected chi connectivity index (χ0v) is 12.8. The summed E-state index contributed by atoms with van der Waals surface area (Å²) in [7, 11) is 1.56. The molecule has 4 unspecified atom stereocenters. The Morgan fingerprint density at radius 1 is 1.22 bits per heavy atom. The average Bonchev–Trinajstić information content (AvgIpc) is 2.34. The van der Waals surface area contributed by atoms with Gasteiger partial charge in [-0.1, -0.05) is 13.8 Å². The van der Waals surface area contributed by atoms with Gasteiger partial charge in [-0.2, -0.15) is 0 Å². The lowest BCUT2D eigenvalue weighted by Crippen LogP contribution is -2.50. The first kappa shape index (κ1) is 14.5. The van der Waals surface area contributed by atoms with Crippen molar-refractivity contribution in [3.63, 3.8) is 0 Å². The molecule has 0 bridgehead atoms. The molecule has 4 heteroatoms. The Hall–Kier alpha value is 0.0700. The summed E-state index contributed by atoms with van der Waals surface area (Å²) in [6.07, 6.45) is 2.67. The van der Waals surface area contributed by atoms with Crippen LogP contribution in [0.25, 0.3) is 0 Å². The monoisotopic (exact) mass is 272 g/mol. The Kier molecular flexibility index (Phi) is 5.22. The Morgan fingerprint density at radius 3 is 2.50 bits per heavy atom. The van der Waals surface area contributed by atoms with E-state index in [9.17, 15) is 4.21 Å². The zero-order chi connectivity index (χ0) is 13.1. The molecule has 1 saturated heterocycles. The van der Waals surface area contributed by atoms with E-state index in [1.807, 2.05) is 0 Å². The van der Waals surface area contributed by atoms with E-state index < -0.39 is 10.8 Å². The molecule has 1 heterocycles. The second-order valence-electron chi connectivity index (χ2n) is 6.26. The number of nitrogens with zero attached hydrogens (tertiary/aromatic N) is 1. The quantitative estimate of drug-likeness (QED) is 0.841. The van der Waals surface area contributed by atoms with Crippen molar-refractivity contribution >= 4 is 10.8 Å². The number of nitrogens with one attached hydrogen (secondary N) is 1. The van der Waals surface area contributed by atoms with E-state index in [0.717, 1.165) is 42.3 Å². The van der Waals surface area contributed by atoms with Gasteiger partial charge in [0.25, 0.3) is 0 Å². The smallest absolute Gasteiger partial charge is 0.0363 e. The first-order valence-corrected chi connectivity index (χ1v) is 8.83. The molecule has 2 rings (SSSR count). The van der Waals surface area contributed by atoms with Crippen LogP contribution in [0.2, 0.25) is 0 Å². The summed E-state index contributed by atoms with van der Waals surface area (Å²) in [6.45, 7) is 8.04. The van der Waals surface area contributed by atoms with E-state index in [1.54, 1.807) is 0 Å². The van der Waals surface area contributed by atoms with Crippen molar-refractivity contribution < 1.29 is 4.21 Å². The third-order valence-electron chi connectivity index (χ3n) is 4.79. The van der Waals surface area contributed by atoms with Gasteiger partial charge in [-0.15, -0.1) is 0 Å². The first-order valence-electron chi connectivity index (χ1n) is 7.34. The van der Waals surface area contributed by atoms with E-state index in [1.165, 1.54) is 19.4 Å². The highest BCUT2D eigenvalue weighted by atomic mass is 32.2. The Morgan fingerprint density at radius 2 is 1.89 bits per heavy atom. The minimum atomic E-state index is -0.550. The molecule has 3 nitrogen and oxygen atoms in total. The van der Waals surface area contributed by atoms with Gasteiger partial charge in [0.2, 0.25) is 0 Å². The van der Waals surface area contributed by atoms with Crippen LogP contribution in [0.1, 0.15) is 26.7 Å². The second-order valence-corrected chi connectivity index (χ2v) is 7.96. The van der Waals surface area contributed by atoms with Gasteiger partial charge in [-0.05, 0) is 37.6 Å². The highest BCUT2D eigenvalue weighted by Gasteiger charge is 2.34. The Labute approximate surface area is 114 Å². The molecule has 0 aromatic carbocycles. The van der Waals surface area contributed by atoms with Gasteiger partial charge >= 0.3 is 0 Å². The molecule has 2 fully saturated rings. The topological polar surface area (TPSA) is 32.3 Å². The van der Waals surface area contributed by atoms with Crippen molar-refractivity contribution in [1.29, 1.82) is 0 Å². The van der Waals surface area contributed by atoms with Crippen molar-refractivity contribution in [2.45, 2.75) is 32.7 Å². The van der Waals surface area contributed by atoms with Crippen molar-refractivity contribution in [3.05, 3.63) is 0 Å². The van der Waals surface area contributed by atoms with E-state index >= 15 is 0 Å². The van der Waals surface area contributed by atoms with Crippen LogP contribution in [0.4, 0.5) is 0 Å². The van der Waals surface area contributed by atoms with Gasteiger partial charge in [-0.3, -0.25) is 4.21 Å². The van der Waals surface area contributed by atoms with Crippen molar-refractivity contribution in [1.82, 2.24) is 10.2 Å². The molecular formula is C14H28N2OS. The number of hydrogen-bond donors (Lipinski definition) is 1. The summed E-state index contributed by atoms with van der Waals surface area (Å²) in [4.78, 5) is 2.53. The van der Waals surface area contributed by atoms with E-state index in [0.29, 0.717) is 6.04 Å². The largest absolute Gasteiger partial charge is 0.317 e. The van der Waals surface area contributed by atoms with Crippen LogP contribution in [0.5, 0.6) is 0 Å². The average molecular weight is 272 g/mol. The molecule has 0 aromatic rings. The summed E-state index contributed by atoms with van der Waals surface area (Å²) in [5.41, 5.74) is 0. The molecular weight excluding hydrogens is 244 g/mol. The van der Waals surface area contributed by atoms with Crippen LogP contribution in [0.15, 0.2) is 0 Å². The van der Waals surface area contributed by atoms with Crippen LogP contribution in [-0.2, 0) is 10.8 Å². The molecule has 2 aliphatic rings. The second kappa shape index (κ2) is 6.49. The third-order valence-corrected chi connectivity index (χ3v) is 6.06. The summed E-state index contributed by atoms with van der Waals surface area (Å²) in [6, 6.07) is 0.663. The van der Waals surface area contributed by atoms with Gasteiger partial charge in [0.15, 0.2) is 0 Å². The predicted molar refractivity (Wildman–Crippen MR) is 78.2 cm³/mol. The zero-order valence-electron chi connectivity index (χ0n) is 12.0. The lowest BCUT2D eigenvalue weighted by molar-refractivity contribution is 0.109. The standard InChI is InChI=1S/C14H28N2OS/c1-11-8-12(2)13(14(9-11)15-3)10-16-4-6-18(17)7-5-16/h11-15H,4-10H2,1-3H3. The molecule has 1 aliphatic carbocycles. The van der Waals surface area contributed by atoms with Gasteiger partial charge < -0.3 is 10.2 Å². The Balaban J connectivity index is 1.91. The van der Waals surface area contributed by atoms with Crippen LogP contribution in [0, 0.1) is 17.8 Å². The molecule has 18 heavy (non-hydrogen) atoms. The number of rotatable bonds is 3. The molecule has 0 spiro atoms. The summed E-state index contributed by atoms with van der Waals surface area (Å²) < 4.78 is 11.4. The van der Waals surface area contributed by atoms with Gasteiger partial charge in [-0.25, -0.2) is 0 Å². The lowest BCUT2D eigenvalue weighted by atomic mass is 9.72. The fraction of sp³-hybridized carbons (Fsp3) is 1.00. The summed E-state index contributed by atoms with van der Waals surface area (Å²) >= 11 is 0. The maximum atomic E-state index is 11.4. The molecule has 106 valence electrons. The molecule has 0 radical (unpaired) electrons. The van der Waals surface area contributed by atoms with Crippen LogP contribution in [0.3, 0.4) is 0 Å². The predicted octanol–water partition coefficient (Wildman–Crippen LogP) is 1.32. The maximum Gasteiger partial charge on any atom is 0.0363 e. The van der Waals surface area contributed by atoms with Crippen molar-refractivity contribution in [2.75, 3.05) is 38.2 Å². The van der Waals surface area contributed by atoms with Crippen LogP contribution < -0.4 is 5.32 Å². The molecule has 0 amide bonds. The van der Waals surface area contributed by atoms with Crippen LogP contribution in [-0.4, -0.2) is 53.3 Å². The minimum Gasteiger partial charge on any atom is -0.317 e. The lowest BCUT2D eigenvalue weighted by Gasteiger charge is -2.42. The van der Waals surface area contributed by atoms with Gasteiger partial charge in [0, 0.05) is 48.0 Å². The van der Waals surface area contributed by atoms with E-state index in [2.05, 4.69) is 31.1 Å². The normalized spacial score (nSPS) is 39.9. The molecule has 1 saturated carbocycles. The highest BCUT2D eigenvalue weighted by Crippen LogP contribution is 2.34. The first-order chi connectivity index (χ1) is 8.60.